The Morgan fingerprint density at radius 1 is 1.38 bits per heavy atom. The van der Waals surface area contributed by atoms with Crippen LogP contribution in [0, 0.1) is 6.92 Å². The number of fused-ring (bicyclic) bond motifs is 1. The number of aromatic nitrogens is 2. The topological polar surface area (TPSA) is 49.0 Å². The lowest BCUT2D eigenvalue weighted by Crippen LogP contribution is -2.31. The number of hydrogen-bond acceptors (Lipinski definition) is 4. The van der Waals surface area contributed by atoms with Crippen LogP contribution in [0.5, 0.6) is 0 Å². The molecule has 2 heterocycles. The second-order valence-electron chi connectivity index (χ2n) is 5.46. The lowest BCUT2D eigenvalue weighted by Gasteiger charge is -2.19. The van der Waals surface area contributed by atoms with Gasteiger partial charge in [-0.15, -0.1) is 11.3 Å². The van der Waals surface area contributed by atoms with E-state index >= 15 is 0 Å². The molecular weight excluding hydrogens is 406 g/mol. The van der Waals surface area contributed by atoms with Gasteiger partial charge in [-0.2, -0.15) is 0 Å². The largest absolute Gasteiger partial charge is 0.337 e. The summed E-state index contributed by atoms with van der Waals surface area (Å²) in [5.41, 5.74) is 3.14. The van der Waals surface area contributed by atoms with E-state index in [0.29, 0.717) is 18.8 Å². The Balaban J connectivity index is 1.62. The third-order valence-corrected chi connectivity index (χ3v) is 6.12. The van der Waals surface area contributed by atoms with Crippen molar-refractivity contribution in [3.05, 3.63) is 44.6 Å². The zero-order valence-electron chi connectivity index (χ0n) is 13.5. The summed E-state index contributed by atoms with van der Waals surface area (Å²) in [6.07, 6.45) is 0. The Morgan fingerprint density at radius 2 is 2.21 bits per heavy atom. The van der Waals surface area contributed by atoms with Crippen LogP contribution in [0.25, 0.3) is 11.0 Å². The van der Waals surface area contributed by atoms with E-state index in [9.17, 15) is 4.79 Å². The number of imidazole rings is 1. The fourth-order valence-corrected chi connectivity index (χ4v) is 4.68. The number of rotatable bonds is 6. The number of nitrogens with one attached hydrogen (secondary N) is 1. The quantitative estimate of drug-likeness (QED) is 0.577. The van der Waals surface area contributed by atoms with Crippen molar-refractivity contribution in [2.75, 3.05) is 12.3 Å². The lowest BCUT2D eigenvalue weighted by molar-refractivity contribution is -0.128. The molecule has 1 amide bonds. The van der Waals surface area contributed by atoms with Crippen LogP contribution in [0.4, 0.5) is 0 Å². The second kappa shape index (κ2) is 7.72. The molecule has 0 saturated carbocycles. The van der Waals surface area contributed by atoms with Gasteiger partial charge in [0.05, 0.1) is 27.1 Å². The van der Waals surface area contributed by atoms with E-state index in [2.05, 4.69) is 45.0 Å². The van der Waals surface area contributed by atoms with Gasteiger partial charge < -0.3 is 9.88 Å². The molecular formula is C17H18BrN3OS2. The number of thiophene rings is 1. The number of aryl methyl sites for hydroxylation is 1. The molecule has 7 heteroatoms. The van der Waals surface area contributed by atoms with E-state index in [-0.39, 0.29) is 5.91 Å². The molecule has 3 rings (SSSR count). The zero-order chi connectivity index (χ0) is 17.1. The number of halogens is 1. The molecule has 4 nitrogen and oxygen atoms in total. The van der Waals surface area contributed by atoms with Gasteiger partial charge in [0, 0.05) is 11.4 Å². The smallest absolute Gasteiger partial charge is 0.233 e. The van der Waals surface area contributed by atoms with Crippen LogP contribution in [0.2, 0.25) is 0 Å². The summed E-state index contributed by atoms with van der Waals surface area (Å²) in [6, 6.07) is 10.2. The molecule has 3 aromatic rings. The van der Waals surface area contributed by atoms with Gasteiger partial charge in [0.15, 0.2) is 5.16 Å². The van der Waals surface area contributed by atoms with Crippen molar-refractivity contribution >= 4 is 56.0 Å². The van der Waals surface area contributed by atoms with Gasteiger partial charge in [-0.1, -0.05) is 17.8 Å². The summed E-state index contributed by atoms with van der Waals surface area (Å²) in [6.45, 7) is 5.42. The molecule has 0 saturated heterocycles. The van der Waals surface area contributed by atoms with E-state index in [1.165, 1.54) is 22.2 Å². The van der Waals surface area contributed by atoms with Gasteiger partial charge in [0.25, 0.3) is 0 Å². The van der Waals surface area contributed by atoms with Crippen molar-refractivity contribution in [3.63, 3.8) is 0 Å². The van der Waals surface area contributed by atoms with Gasteiger partial charge in [0.1, 0.15) is 0 Å². The monoisotopic (exact) mass is 423 g/mol. The van der Waals surface area contributed by atoms with Crippen molar-refractivity contribution in [3.8, 4) is 0 Å². The number of H-pyrrole nitrogens is 1. The molecule has 0 aliphatic heterocycles. The highest BCUT2D eigenvalue weighted by molar-refractivity contribution is 9.11. The fraction of sp³-hybridized carbons (Fsp3) is 0.294. The summed E-state index contributed by atoms with van der Waals surface area (Å²) in [5, 5.41) is 0.791. The van der Waals surface area contributed by atoms with Crippen molar-refractivity contribution in [2.24, 2.45) is 0 Å². The second-order valence-corrected chi connectivity index (χ2v) is 8.98. The first-order valence-electron chi connectivity index (χ1n) is 7.66. The third-order valence-electron chi connectivity index (χ3n) is 3.66. The maximum absolute atomic E-state index is 12.5. The highest BCUT2D eigenvalue weighted by Crippen LogP contribution is 2.24. The number of nitrogens with zero attached hydrogens (tertiary/aromatic N) is 2. The predicted octanol–water partition coefficient (Wildman–Crippen LogP) is 4.84. The van der Waals surface area contributed by atoms with E-state index in [1.54, 1.807) is 11.3 Å². The number of aromatic amines is 1. The average molecular weight is 424 g/mol. The molecule has 24 heavy (non-hydrogen) atoms. The lowest BCUT2D eigenvalue weighted by atomic mass is 10.2. The number of amides is 1. The van der Waals surface area contributed by atoms with Gasteiger partial charge in [-0.3, -0.25) is 4.79 Å². The van der Waals surface area contributed by atoms with Crippen LogP contribution in [0.15, 0.2) is 39.3 Å². The van der Waals surface area contributed by atoms with Crippen molar-refractivity contribution < 1.29 is 4.79 Å². The Labute approximate surface area is 157 Å². The minimum atomic E-state index is 0.128. The van der Waals surface area contributed by atoms with Crippen LogP contribution in [-0.4, -0.2) is 33.1 Å². The van der Waals surface area contributed by atoms with E-state index < -0.39 is 0 Å². The minimum absolute atomic E-state index is 0.128. The average Bonchev–Trinajstić information content (AvgIpc) is 3.15. The summed E-state index contributed by atoms with van der Waals surface area (Å²) in [7, 11) is 0. The van der Waals surface area contributed by atoms with Gasteiger partial charge in [-0.25, -0.2) is 4.98 Å². The molecule has 0 bridgehead atoms. The number of hydrogen-bond donors (Lipinski definition) is 1. The maximum Gasteiger partial charge on any atom is 0.233 e. The highest BCUT2D eigenvalue weighted by Gasteiger charge is 2.15. The Bertz CT molecular complexity index is 859. The molecule has 126 valence electrons. The SMILES string of the molecule is CCN(Cc1ccc(Br)s1)C(=O)CSc1nc2ccc(C)cc2[nH]1. The summed E-state index contributed by atoms with van der Waals surface area (Å²) in [5.74, 6) is 0.516. The number of thioether (sulfide) groups is 1. The maximum atomic E-state index is 12.5. The predicted molar refractivity (Wildman–Crippen MR) is 105 cm³/mol. The molecule has 0 atom stereocenters. The van der Waals surface area contributed by atoms with Crippen LogP contribution in [-0.2, 0) is 11.3 Å². The van der Waals surface area contributed by atoms with Gasteiger partial charge >= 0.3 is 0 Å². The fourth-order valence-electron chi connectivity index (χ4n) is 2.39. The zero-order valence-corrected chi connectivity index (χ0v) is 16.7. The number of carbonyl (C=O) groups excluding carboxylic acids is 1. The molecule has 0 aliphatic carbocycles. The normalized spacial score (nSPS) is 11.1. The van der Waals surface area contributed by atoms with Gasteiger partial charge in [-0.05, 0) is 59.6 Å². The number of benzene rings is 1. The molecule has 0 unspecified atom stereocenters. The highest BCUT2D eigenvalue weighted by atomic mass is 79.9. The van der Waals surface area contributed by atoms with E-state index in [0.717, 1.165) is 20.0 Å². The summed E-state index contributed by atoms with van der Waals surface area (Å²) >= 11 is 6.58. The number of carbonyl (C=O) groups is 1. The summed E-state index contributed by atoms with van der Waals surface area (Å²) < 4.78 is 1.09. The van der Waals surface area contributed by atoms with Crippen LogP contribution < -0.4 is 0 Å². The van der Waals surface area contributed by atoms with Crippen LogP contribution >= 0.6 is 39.0 Å². The Morgan fingerprint density at radius 3 is 2.92 bits per heavy atom. The Hall–Kier alpha value is -1.31. The molecule has 0 fully saturated rings. The van der Waals surface area contributed by atoms with Gasteiger partial charge in [0.2, 0.25) is 5.91 Å². The first kappa shape index (κ1) is 17.5. The molecule has 0 radical (unpaired) electrons. The Kier molecular flexibility index (Phi) is 5.63. The molecule has 1 aromatic carbocycles. The molecule has 2 aromatic heterocycles. The first-order valence-corrected chi connectivity index (χ1v) is 10.3. The van der Waals surface area contributed by atoms with Crippen LogP contribution in [0.1, 0.15) is 17.4 Å². The van der Waals surface area contributed by atoms with E-state index in [1.807, 2.05) is 30.0 Å². The standard InChI is InChI=1S/C17H18BrN3OS2/c1-3-21(9-12-5-7-15(18)24-12)16(22)10-23-17-19-13-6-4-11(2)8-14(13)20-17/h4-8H,3,9-10H2,1-2H3,(H,19,20). The molecule has 0 aliphatic rings. The van der Waals surface area contributed by atoms with Crippen molar-refractivity contribution in [1.82, 2.24) is 14.9 Å². The first-order chi connectivity index (χ1) is 11.5. The minimum Gasteiger partial charge on any atom is -0.337 e. The molecule has 1 N–H and O–H groups in total. The van der Waals surface area contributed by atoms with Crippen molar-refractivity contribution in [1.29, 1.82) is 0 Å². The van der Waals surface area contributed by atoms with E-state index in [4.69, 9.17) is 0 Å². The van der Waals surface area contributed by atoms with Crippen LogP contribution in [0.3, 0.4) is 0 Å². The summed E-state index contributed by atoms with van der Waals surface area (Å²) in [4.78, 5) is 23.3. The van der Waals surface area contributed by atoms with Crippen molar-refractivity contribution in [2.45, 2.75) is 25.5 Å². The molecule has 0 spiro atoms. The third kappa shape index (κ3) is 4.20.